The van der Waals surface area contributed by atoms with Gasteiger partial charge in [-0.15, -0.1) is 0 Å². The number of ether oxygens (including phenoxy) is 4. The molecule has 298 valence electrons. The number of nitrogens with one attached hydrogen (secondary N) is 1. The highest BCUT2D eigenvalue weighted by molar-refractivity contribution is 5.76. The highest BCUT2D eigenvalue weighted by atomic mass is 16.7. The smallest absolute Gasteiger partial charge is 0.220 e. The molecule has 2 aliphatic rings. The van der Waals surface area contributed by atoms with Crippen LogP contribution in [-0.2, 0) is 23.7 Å². The predicted molar refractivity (Wildman–Crippen MR) is 189 cm³/mol. The third-order valence-corrected chi connectivity index (χ3v) is 9.39. The van der Waals surface area contributed by atoms with E-state index in [1.54, 1.807) is 6.08 Å². The van der Waals surface area contributed by atoms with E-state index in [-0.39, 0.29) is 18.9 Å². The SMILES string of the molecule is CCCC/C=C/CC/C=C/C(O)C(COC1OC(CO)C(OC2OC(CO)C(O)C(O)C2O)C(O)C1O)NC(=O)CCCCCCCCCCC. The Labute approximate surface area is 303 Å². The summed E-state index contributed by atoms with van der Waals surface area (Å²) >= 11 is 0. The van der Waals surface area contributed by atoms with Gasteiger partial charge in [-0.3, -0.25) is 4.79 Å². The van der Waals surface area contributed by atoms with Crippen LogP contribution in [0.2, 0.25) is 0 Å². The molecule has 2 fully saturated rings. The minimum atomic E-state index is -1.79. The fourth-order valence-corrected chi connectivity index (χ4v) is 6.11. The van der Waals surface area contributed by atoms with E-state index in [2.05, 4.69) is 31.3 Å². The quantitative estimate of drug-likeness (QED) is 0.0454. The maximum Gasteiger partial charge on any atom is 0.220 e. The third kappa shape index (κ3) is 16.2. The van der Waals surface area contributed by atoms with E-state index in [1.165, 1.54) is 32.1 Å². The van der Waals surface area contributed by atoms with Crippen molar-refractivity contribution in [3.8, 4) is 0 Å². The molecule has 12 atom stereocenters. The van der Waals surface area contributed by atoms with Crippen molar-refractivity contribution in [2.75, 3.05) is 19.8 Å². The van der Waals surface area contributed by atoms with E-state index in [0.29, 0.717) is 12.8 Å². The first-order chi connectivity index (χ1) is 24.6. The van der Waals surface area contributed by atoms with Crippen molar-refractivity contribution in [2.45, 2.75) is 184 Å². The molecule has 0 aromatic rings. The number of hydrogen-bond donors (Lipinski definition) is 9. The standard InChI is InChI=1S/C37H67NO13/c1-3-5-7-9-11-13-15-17-19-21-29(42)38-25(26(41)20-18-16-14-12-10-8-6-4-2)24-48-36-34(47)32(45)35(28(23-40)50-36)51-37-33(46)31(44)30(43)27(22-39)49-37/h10,12,18,20,25-28,30-37,39-41,43-47H,3-9,11,13-17,19,21-24H2,1-2H3,(H,38,42)/b12-10+,20-18+. The largest absolute Gasteiger partial charge is 0.394 e. The Morgan fingerprint density at radius 3 is 1.90 bits per heavy atom. The molecule has 9 N–H and O–H groups in total. The van der Waals surface area contributed by atoms with Gasteiger partial charge in [-0.25, -0.2) is 0 Å². The summed E-state index contributed by atoms with van der Waals surface area (Å²) < 4.78 is 22.4. The second-order valence-electron chi connectivity index (χ2n) is 13.7. The van der Waals surface area contributed by atoms with E-state index in [1.807, 2.05) is 6.08 Å². The lowest BCUT2D eigenvalue weighted by Gasteiger charge is -2.46. The van der Waals surface area contributed by atoms with Gasteiger partial charge in [0.25, 0.3) is 0 Å². The van der Waals surface area contributed by atoms with Gasteiger partial charge >= 0.3 is 0 Å². The molecule has 14 nitrogen and oxygen atoms in total. The molecule has 2 saturated heterocycles. The van der Waals surface area contributed by atoms with Crippen molar-refractivity contribution in [1.82, 2.24) is 5.32 Å². The lowest BCUT2D eigenvalue weighted by atomic mass is 9.97. The van der Waals surface area contributed by atoms with Crippen LogP contribution >= 0.6 is 0 Å². The van der Waals surface area contributed by atoms with Crippen molar-refractivity contribution in [3.63, 3.8) is 0 Å². The van der Waals surface area contributed by atoms with Crippen LogP contribution in [0.3, 0.4) is 0 Å². The normalized spacial score (nSPS) is 31.3. The summed E-state index contributed by atoms with van der Waals surface area (Å²) in [6.07, 6.45) is 5.64. The van der Waals surface area contributed by atoms with Gasteiger partial charge in [0.15, 0.2) is 12.6 Å². The molecule has 2 aliphatic heterocycles. The third-order valence-electron chi connectivity index (χ3n) is 9.39. The van der Waals surface area contributed by atoms with Crippen molar-refractivity contribution in [2.24, 2.45) is 0 Å². The number of carbonyl (C=O) groups excluding carboxylic acids is 1. The Morgan fingerprint density at radius 2 is 1.25 bits per heavy atom. The fourth-order valence-electron chi connectivity index (χ4n) is 6.11. The van der Waals surface area contributed by atoms with Crippen LogP contribution in [-0.4, -0.2) is 140 Å². The molecule has 2 heterocycles. The van der Waals surface area contributed by atoms with Crippen LogP contribution < -0.4 is 5.32 Å². The first-order valence-electron chi connectivity index (χ1n) is 19.1. The van der Waals surface area contributed by atoms with Gasteiger partial charge in [-0.2, -0.15) is 0 Å². The van der Waals surface area contributed by atoms with Crippen LogP contribution in [0.4, 0.5) is 0 Å². The zero-order valence-corrected chi connectivity index (χ0v) is 30.6. The van der Waals surface area contributed by atoms with Gasteiger partial charge in [0, 0.05) is 6.42 Å². The minimum Gasteiger partial charge on any atom is -0.394 e. The van der Waals surface area contributed by atoms with Gasteiger partial charge in [0.2, 0.25) is 5.91 Å². The number of rotatable bonds is 26. The molecule has 2 rings (SSSR count). The molecule has 1 amide bonds. The van der Waals surface area contributed by atoms with E-state index in [9.17, 15) is 45.6 Å². The highest BCUT2D eigenvalue weighted by Gasteiger charge is 2.50. The summed E-state index contributed by atoms with van der Waals surface area (Å²) in [7, 11) is 0. The summed E-state index contributed by atoms with van der Waals surface area (Å²) in [6.45, 7) is 2.60. The first kappa shape index (κ1) is 45.6. The predicted octanol–water partition coefficient (Wildman–Crippen LogP) is 1.48. The molecule has 14 heteroatoms. The number of aliphatic hydroxyl groups excluding tert-OH is 8. The van der Waals surface area contributed by atoms with Gasteiger partial charge in [-0.1, -0.05) is 102 Å². The Balaban J connectivity index is 1.99. The van der Waals surface area contributed by atoms with Crippen LogP contribution in [0.5, 0.6) is 0 Å². The zero-order valence-electron chi connectivity index (χ0n) is 30.6. The van der Waals surface area contributed by atoms with Crippen LogP contribution in [0, 0.1) is 0 Å². The number of carbonyl (C=O) groups is 1. The Morgan fingerprint density at radius 1 is 0.686 bits per heavy atom. The molecule has 0 bridgehead atoms. The summed E-state index contributed by atoms with van der Waals surface area (Å²) in [5.41, 5.74) is 0. The summed E-state index contributed by atoms with van der Waals surface area (Å²) in [5.74, 6) is -0.260. The zero-order chi connectivity index (χ0) is 37.6. The first-order valence-corrected chi connectivity index (χ1v) is 19.1. The maximum absolute atomic E-state index is 12.9. The summed E-state index contributed by atoms with van der Waals surface area (Å²) in [6, 6.07) is -0.920. The molecule has 0 aliphatic carbocycles. The van der Waals surface area contributed by atoms with E-state index < -0.39 is 86.8 Å². The van der Waals surface area contributed by atoms with Crippen LogP contribution in [0.1, 0.15) is 110 Å². The molecule has 0 aromatic carbocycles. The molecule has 51 heavy (non-hydrogen) atoms. The Kier molecular flexibility index (Phi) is 23.5. The molecule has 0 spiro atoms. The van der Waals surface area contributed by atoms with E-state index in [0.717, 1.165) is 44.9 Å². The van der Waals surface area contributed by atoms with Crippen molar-refractivity contribution in [1.29, 1.82) is 0 Å². The Hall–Kier alpha value is -1.53. The van der Waals surface area contributed by atoms with Gasteiger partial charge in [-0.05, 0) is 25.7 Å². The molecular weight excluding hydrogens is 666 g/mol. The molecule has 0 aromatic heterocycles. The number of unbranched alkanes of at least 4 members (excludes halogenated alkanes) is 11. The lowest BCUT2D eigenvalue weighted by molar-refractivity contribution is -0.359. The molecular formula is C37H67NO13. The average Bonchev–Trinajstić information content (AvgIpc) is 3.12. The number of hydrogen-bond acceptors (Lipinski definition) is 13. The highest BCUT2D eigenvalue weighted by Crippen LogP contribution is 2.29. The maximum atomic E-state index is 12.9. The van der Waals surface area contributed by atoms with Crippen LogP contribution in [0.25, 0.3) is 0 Å². The van der Waals surface area contributed by atoms with Gasteiger partial charge < -0.3 is 65.1 Å². The lowest BCUT2D eigenvalue weighted by Crippen LogP contribution is -2.65. The van der Waals surface area contributed by atoms with Crippen molar-refractivity contribution in [3.05, 3.63) is 24.3 Å². The second-order valence-corrected chi connectivity index (χ2v) is 13.7. The Bertz CT molecular complexity index is 967. The number of amides is 1. The minimum absolute atomic E-state index is 0.260. The number of allylic oxidation sites excluding steroid dienone is 3. The van der Waals surface area contributed by atoms with E-state index >= 15 is 0 Å². The van der Waals surface area contributed by atoms with Gasteiger partial charge in [0.05, 0.1) is 32.0 Å². The summed E-state index contributed by atoms with van der Waals surface area (Å²) in [4.78, 5) is 12.9. The van der Waals surface area contributed by atoms with E-state index in [4.69, 9.17) is 18.9 Å². The molecule has 0 saturated carbocycles. The fraction of sp³-hybridized carbons (Fsp3) is 0.865. The van der Waals surface area contributed by atoms with Gasteiger partial charge in [0.1, 0.15) is 48.8 Å². The van der Waals surface area contributed by atoms with Crippen molar-refractivity contribution < 1.29 is 64.6 Å². The molecule has 0 radical (unpaired) electrons. The number of aliphatic hydroxyl groups is 8. The summed E-state index contributed by atoms with van der Waals surface area (Å²) in [5, 5.41) is 85.8. The average molecular weight is 734 g/mol. The van der Waals surface area contributed by atoms with Crippen molar-refractivity contribution >= 4 is 5.91 Å². The topological polar surface area (TPSA) is 228 Å². The second kappa shape index (κ2) is 26.3. The molecule has 12 unspecified atom stereocenters. The monoisotopic (exact) mass is 733 g/mol. The van der Waals surface area contributed by atoms with Crippen LogP contribution in [0.15, 0.2) is 24.3 Å².